The van der Waals surface area contributed by atoms with Crippen LogP contribution in [0.3, 0.4) is 0 Å². The molecule has 1 saturated carbocycles. The molecule has 0 aromatic heterocycles. The minimum atomic E-state index is -0.392. The Kier molecular flexibility index (Phi) is 4.76. The number of nitrogens with zero attached hydrogens (tertiary/aromatic N) is 1. The van der Waals surface area contributed by atoms with Crippen molar-refractivity contribution in [1.82, 2.24) is 0 Å². The molecule has 0 heterocycles. The van der Waals surface area contributed by atoms with E-state index in [1.54, 1.807) is 12.1 Å². The van der Waals surface area contributed by atoms with Crippen LogP contribution in [0.1, 0.15) is 25.7 Å². The third kappa shape index (κ3) is 3.45. The van der Waals surface area contributed by atoms with Crippen LogP contribution in [0.5, 0.6) is 0 Å². The minimum Gasteiger partial charge on any atom is -0.382 e. The monoisotopic (exact) mass is 327 g/mol. The lowest BCUT2D eigenvalue weighted by molar-refractivity contribution is -0.385. The summed E-state index contributed by atoms with van der Waals surface area (Å²) in [5.74, 6) is 0.489. The molecule has 1 aliphatic rings. The average molecular weight is 328 g/mol. The van der Waals surface area contributed by atoms with Gasteiger partial charge in [0.05, 0.1) is 9.40 Å². The van der Waals surface area contributed by atoms with Gasteiger partial charge >= 0.3 is 0 Å². The first-order valence-corrected chi connectivity index (χ1v) is 7.31. The molecule has 0 bridgehead atoms. The molecule has 3 N–H and O–H groups in total. The summed E-state index contributed by atoms with van der Waals surface area (Å²) < 4.78 is 0.502. The van der Waals surface area contributed by atoms with E-state index in [-0.39, 0.29) is 5.69 Å². The lowest BCUT2D eigenvalue weighted by Crippen LogP contribution is -2.36. The SMILES string of the molecule is NCC1CCCCC1Nc1ccc([N+](=O)[O-])c(Br)c1. The normalized spacial score (nSPS) is 23.1. The lowest BCUT2D eigenvalue weighted by atomic mass is 9.84. The number of benzene rings is 1. The first-order chi connectivity index (χ1) is 9.11. The Hall–Kier alpha value is -1.14. The van der Waals surface area contributed by atoms with Crippen molar-refractivity contribution >= 4 is 27.3 Å². The van der Waals surface area contributed by atoms with Gasteiger partial charge in [-0.1, -0.05) is 12.8 Å². The average Bonchev–Trinajstić information content (AvgIpc) is 2.39. The maximum absolute atomic E-state index is 10.8. The molecule has 1 fully saturated rings. The Morgan fingerprint density at radius 3 is 2.79 bits per heavy atom. The van der Waals surface area contributed by atoms with Crippen molar-refractivity contribution in [3.8, 4) is 0 Å². The Balaban J connectivity index is 2.10. The van der Waals surface area contributed by atoms with Crippen molar-refractivity contribution in [3.05, 3.63) is 32.8 Å². The van der Waals surface area contributed by atoms with Crippen molar-refractivity contribution in [2.75, 3.05) is 11.9 Å². The van der Waals surface area contributed by atoms with Crippen LogP contribution >= 0.6 is 15.9 Å². The molecule has 5 nitrogen and oxygen atoms in total. The van der Waals surface area contributed by atoms with Gasteiger partial charge < -0.3 is 11.1 Å². The van der Waals surface area contributed by atoms with Crippen LogP contribution in [0, 0.1) is 16.0 Å². The summed E-state index contributed by atoms with van der Waals surface area (Å²) >= 11 is 3.24. The molecule has 2 unspecified atom stereocenters. The molecule has 6 heteroatoms. The van der Waals surface area contributed by atoms with E-state index in [0.717, 1.165) is 18.5 Å². The summed E-state index contributed by atoms with van der Waals surface area (Å²) in [6, 6.07) is 5.41. The number of nitrogens with two attached hydrogens (primary N) is 1. The van der Waals surface area contributed by atoms with Crippen LogP contribution < -0.4 is 11.1 Å². The number of rotatable bonds is 4. The predicted molar refractivity (Wildman–Crippen MR) is 79.2 cm³/mol. The van der Waals surface area contributed by atoms with Gasteiger partial charge in [-0.15, -0.1) is 0 Å². The van der Waals surface area contributed by atoms with Crippen LogP contribution in [-0.2, 0) is 0 Å². The van der Waals surface area contributed by atoms with E-state index in [1.165, 1.54) is 18.9 Å². The largest absolute Gasteiger partial charge is 0.382 e. The summed E-state index contributed by atoms with van der Waals surface area (Å²) in [6.45, 7) is 0.686. The van der Waals surface area contributed by atoms with Crippen molar-refractivity contribution in [2.24, 2.45) is 11.7 Å². The minimum absolute atomic E-state index is 0.0876. The van der Waals surface area contributed by atoms with Crippen LogP contribution in [0.2, 0.25) is 0 Å². The fraction of sp³-hybridized carbons (Fsp3) is 0.538. The zero-order chi connectivity index (χ0) is 13.8. The molecule has 1 aromatic carbocycles. The molecule has 19 heavy (non-hydrogen) atoms. The Bertz CT molecular complexity index is 467. The molecule has 0 aliphatic heterocycles. The number of anilines is 1. The summed E-state index contributed by atoms with van der Waals surface area (Å²) in [5.41, 5.74) is 6.80. The van der Waals surface area contributed by atoms with Gasteiger partial charge in [0.2, 0.25) is 0 Å². The highest BCUT2D eigenvalue weighted by Gasteiger charge is 2.24. The molecule has 1 aliphatic carbocycles. The fourth-order valence-electron chi connectivity index (χ4n) is 2.64. The number of nitro benzene ring substituents is 1. The lowest BCUT2D eigenvalue weighted by Gasteiger charge is -2.32. The molecule has 2 atom stereocenters. The van der Waals surface area contributed by atoms with Crippen LogP contribution in [0.25, 0.3) is 0 Å². The predicted octanol–water partition coefficient (Wildman–Crippen LogP) is 3.29. The highest BCUT2D eigenvalue weighted by Crippen LogP contribution is 2.31. The van der Waals surface area contributed by atoms with E-state index in [1.807, 2.05) is 0 Å². The maximum Gasteiger partial charge on any atom is 0.283 e. The molecule has 0 spiro atoms. The first-order valence-electron chi connectivity index (χ1n) is 6.52. The Morgan fingerprint density at radius 2 is 2.16 bits per heavy atom. The van der Waals surface area contributed by atoms with Crippen LogP contribution in [0.4, 0.5) is 11.4 Å². The molecule has 104 valence electrons. The van der Waals surface area contributed by atoms with Gasteiger partial charge in [0, 0.05) is 17.8 Å². The molecule has 0 saturated heterocycles. The number of nitro groups is 1. The summed E-state index contributed by atoms with van der Waals surface area (Å²) in [6.07, 6.45) is 4.71. The summed E-state index contributed by atoms with van der Waals surface area (Å²) in [4.78, 5) is 10.4. The Labute approximate surface area is 120 Å². The zero-order valence-corrected chi connectivity index (χ0v) is 12.2. The van der Waals surface area contributed by atoms with Gasteiger partial charge in [0.15, 0.2) is 0 Å². The summed E-state index contributed by atoms with van der Waals surface area (Å²) in [5, 5.41) is 14.2. The topological polar surface area (TPSA) is 81.2 Å². The fourth-order valence-corrected chi connectivity index (χ4v) is 3.16. The van der Waals surface area contributed by atoms with E-state index in [0.29, 0.717) is 23.0 Å². The van der Waals surface area contributed by atoms with Crippen LogP contribution in [-0.4, -0.2) is 17.5 Å². The van der Waals surface area contributed by atoms with Gasteiger partial charge in [-0.3, -0.25) is 10.1 Å². The van der Waals surface area contributed by atoms with Gasteiger partial charge in [0.25, 0.3) is 5.69 Å². The van der Waals surface area contributed by atoms with Gasteiger partial charge in [-0.2, -0.15) is 0 Å². The molecular weight excluding hydrogens is 310 g/mol. The number of hydrogen-bond acceptors (Lipinski definition) is 4. The van der Waals surface area contributed by atoms with Crippen molar-refractivity contribution in [1.29, 1.82) is 0 Å². The molecule has 0 radical (unpaired) electrons. The number of halogens is 1. The molecule has 2 rings (SSSR count). The van der Waals surface area contributed by atoms with Gasteiger partial charge in [-0.05, 0) is 53.4 Å². The molecular formula is C13H18BrN3O2. The van der Waals surface area contributed by atoms with Crippen molar-refractivity contribution < 1.29 is 4.92 Å². The quantitative estimate of drug-likeness (QED) is 0.656. The van der Waals surface area contributed by atoms with E-state index in [4.69, 9.17) is 5.73 Å². The number of nitrogens with one attached hydrogen (secondary N) is 1. The van der Waals surface area contributed by atoms with Crippen molar-refractivity contribution in [3.63, 3.8) is 0 Å². The van der Waals surface area contributed by atoms with E-state index in [9.17, 15) is 10.1 Å². The third-order valence-electron chi connectivity index (χ3n) is 3.71. The van der Waals surface area contributed by atoms with E-state index >= 15 is 0 Å². The standard InChI is InChI=1S/C13H18BrN3O2/c14-11-7-10(5-6-13(11)17(18)19)16-12-4-2-1-3-9(12)8-15/h5-7,9,12,16H,1-4,8,15H2. The highest BCUT2D eigenvalue weighted by atomic mass is 79.9. The van der Waals surface area contributed by atoms with Gasteiger partial charge in [0.1, 0.15) is 0 Å². The molecule has 0 amide bonds. The first kappa shape index (κ1) is 14.3. The third-order valence-corrected chi connectivity index (χ3v) is 4.34. The number of hydrogen-bond donors (Lipinski definition) is 2. The second-order valence-corrected chi connectivity index (χ2v) is 5.81. The van der Waals surface area contributed by atoms with E-state index in [2.05, 4.69) is 21.2 Å². The smallest absolute Gasteiger partial charge is 0.283 e. The van der Waals surface area contributed by atoms with Crippen LogP contribution in [0.15, 0.2) is 22.7 Å². The van der Waals surface area contributed by atoms with E-state index < -0.39 is 4.92 Å². The second kappa shape index (κ2) is 6.34. The van der Waals surface area contributed by atoms with Crippen molar-refractivity contribution in [2.45, 2.75) is 31.7 Å². The maximum atomic E-state index is 10.8. The molecule has 1 aromatic rings. The zero-order valence-electron chi connectivity index (χ0n) is 10.6. The van der Waals surface area contributed by atoms with Gasteiger partial charge in [-0.25, -0.2) is 0 Å². The summed E-state index contributed by atoms with van der Waals surface area (Å²) in [7, 11) is 0. The Morgan fingerprint density at radius 1 is 1.42 bits per heavy atom. The second-order valence-electron chi connectivity index (χ2n) is 4.95. The highest BCUT2D eigenvalue weighted by molar-refractivity contribution is 9.10.